The molecule has 1 fully saturated rings. The molecular formula is C12H24O3. The minimum absolute atomic E-state index is 0.0840. The Kier molecular flexibility index (Phi) is 5.58. The van der Waals surface area contributed by atoms with Crippen LogP contribution in [0.1, 0.15) is 39.5 Å². The monoisotopic (exact) mass is 216 g/mol. The number of ether oxygens (including phenoxy) is 1. The number of hydrogen-bond acceptors (Lipinski definition) is 3. The molecule has 2 unspecified atom stereocenters. The predicted octanol–water partition coefficient (Wildman–Crippen LogP) is 1.57. The summed E-state index contributed by atoms with van der Waals surface area (Å²) in [4.78, 5) is 0. The van der Waals surface area contributed by atoms with Crippen LogP contribution in [0.15, 0.2) is 0 Å². The smallest absolute Gasteiger partial charge is 0.104 e. The van der Waals surface area contributed by atoms with Crippen LogP contribution in [0.5, 0.6) is 0 Å². The van der Waals surface area contributed by atoms with Crippen molar-refractivity contribution in [2.75, 3.05) is 13.2 Å². The molecule has 0 aromatic carbocycles. The average Bonchev–Trinajstić information content (AvgIpc) is 2.26. The van der Waals surface area contributed by atoms with Crippen molar-refractivity contribution in [2.45, 2.75) is 51.7 Å². The fourth-order valence-electron chi connectivity index (χ4n) is 2.33. The van der Waals surface area contributed by atoms with Gasteiger partial charge in [0, 0.05) is 0 Å². The zero-order valence-corrected chi connectivity index (χ0v) is 9.85. The largest absolute Gasteiger partial charge is 0.394 e. The third kappa shape index (κ3) is 4.09. The van der Waals surface area contributed by atoms with E-state index in [9.17, 15) is 0 Å². The summed E-state index contributed by atoms with van der Waals surface area (Å²) < 4.78 is 5.67. The van der Waals surface area contributed by atoms with Crippen molar-refractivity contribution in [1.82, 2.24) is 0 Å². The maximum Gasteiger partial charge on any atom is 0.104 e. The van der Waals surface area contributed by atoms with Crippen molar-refractivity contribution in [1.29, 1.82) is 0 Å². The third-order valence-corrected chi connectivity index (χ3v) is 3.40. The number of rotatable bonds is 5. The highest BCUT2D eigenvalue weighted by Gasteiger charge is 2.26. The SMILES string of the molecule is CC(C)C1CCCC(OC(CO)CO)C1. The molecule has 2 N–H and O–H groups in total. The standard InChI is InChI=1S/C12H24O3/c1-9(2)10-4-3-5-11(6-10)15-12(7-13)8-14/h9-14H,3-8H2,1-2H3. The summed E-state index contributed by atoms with van der Waals surface area (Å²) in [7, 11) is 0. The Morgan fingerprint density at radius 3 is 2.40 bits per heavy atom. The molecular weight excluding hydrogens is 192 g/mol. The Balaban J connectivity index is 2.35. The van der Waals surface area contributed by atoms with Gasteiger partial charge in [-0.1, -0.05) is 26.7 Å². The van der Waals surface area contributed by atoms with Crippen LogP contribution < -0.4 is 0 Å². The van der Waals surface area contributed by atoms with Crippen molar-refractivity contribution < 1.29 is 14.9 Å². The van der Waals surface area contributed by atoms with Crippen LogP contribution in [0.3, 0.4) is 0 Å². The van der Waals surface area contributed by atoms with E-state index >= 15 is 0 Å². The normalized spacial score (nSPS) is 27.6. The highest BCUT2D eigenvalue weighted by atomic mass is 16.5. The maximum absolute atomic E-state index is 8.95. The van der Waals surface area contributed by atoms with Gasteiger partial charge in [-0.15, -0.1) is 0 Å². The van der Waals surface area contributed by atoms with Crippen molar-refractivity contribution in [2.24, 2.45) is 11.8 Å². The minimum atomic E-state index is -0.388. The lowest BCUT2D eigenvalue weighted by Crippen LogP contribution is -2.32. The van der Waals surface area contributed by atoms with Crippen molar-refractivity contribution >= 4 is 0 Å². The Bertz CT molecular complexity index is 164. The molecule has 3 heteroatoms. The first kappa shape index (κ1) is 12.9. The van der Waals surface area contributed by atoms with Gasteiger partial charge < -0.3 is 14.9 Å². The highest BCUT2D eigenvalue weighted by molar-refractivity contribution is 4.76. The lowest BCUT2D eigenvalue weighted by Gasteiger charge is -2.33. The van der Waals surface area contributed by atoms with Gasteiger partial charge in [0.15, 0.2) is 0 Å². The molecule has 1 aliphatic carbocycles. The van der Waals surface area contributed by atoms with Gasteiger partial charge in [0.1, 0.15) is 6.10 Å². The number of hydrogen-bond donors (Lipinski definition) is 2. The molecule has 90 valence electrons. The molecule has 0 aromatic heterocycles. The molecule has 0 aliphatic heterocycles. The second kappa shape index (κ2) is 6.46. The maximum atomic E-state index is 8.95. The molecule has 2 atom stereocenters. The van der Waals surface area contributed by atoms with E-state index in [2.05, 4.69) is 13.8 Å². The fraction of sp³-hybridized carbons (Fsp3) is 1.00. The van der Waals surface area contributed by atoms with Crippen LogP contribution in [0, 0.1) is 11.8 Å². The first-order valence-corrected chi connectivity index (χ1v) is 6.04. The summed E-state index contributed by atoms with van der Waals surface area (Å²) in [5.74, 6) is 1.44. The van der Waals surface area contributed by atoms with E-state index in [4.69, 9.17) is 14.9 Å². The lowest BCUT2D eigenvalue weighted by atomic mass is 9.80. The molecule has 3 nitrogen and oxygen atoms in total. The summed E-state index contributed by atoms with van der Waals surface area (Å²) in [5, 5.41) is 17.9. The van der Waals surface area contributed by atoms with E-state index in [0.29, 0.717) is 5.92 Å². The minimum Gasteiger partial charge on any atom is -0.394 e. The third-order valence-electron chi connectivity index (χ3n) is 3.40. The second-order valence-electron chi connectivity index (χ2n) is 4.92. The van der Waals surface area contributed by atoms with Gasteiger partial charge in [0.05, 0.1) is 19.3 Å². The van der Waals surface area contributed by atoms with E-state index in [1.54, 1.807) is 0 Å². The predicted molar refractivity (Wildman–Crippen MR) is 59.6 cm³/mol. The summed E-state index contributed by atoms with van der Waals surface area (Å²) in [6, 6.07) is 0. The Hall–Kier alpha value is -0.120. The van der Waals surface area contributed by atoms with Gasteiger partial charge in [-0.2, -0.15) is 0 Å². The van der Waals surface area contributed by atoms with Crippen LogP contribution in [0.4, 0.5) is 0 Å². The number of aliphatic hydroxyl groups excluding tert-OH is 2. The first-order valence-electron chi connectivity index (χ1n) is 6.04. The van der Waals surface area contributed by atoms with Crippen molar-refractivity contribution in [3.05, 3.63) is 0 Å². The molecule has 1 aliphatic rings. The summed E-state index contributed by atoms with van der Waals surface area (Å²) >= 11 is 0. The second-order valence-corrected chi connectivity index (χ2v) is 4.92. The van der Waals surface area contributed by atoms with E-state index < -0.39 is 0 Å². The highest BCUT2D eigenvalue weighted by Crippen LogP contribution is 2.31. The average molecular weight is 216 g/mol. The van der Waals surface area contributed by atoms with E-state index in [1.165, 1.54) is 12.8 Å². The first-order chi connectivity index (χ1) is 7.17. The molecule has 0 bridgehead atoms. The molecule has 0 spiro atoms. The van der Waals surface area contributed by atoms with E-state index in [1.807, 2.05) is 0 Å². The quantitative estimate of drug-likeness (QED) is 0.733. The summed E-state index contributed by atoms with van der Waals surface area (Å²) in [5.41, 5.74) is 0. The molecule has 15 heavy (non-hydrogen) atoms. The number of aliphatic hydroxyl groups is 2. The van der Waals surface area contributed by atoms with Gasteiger partial charge in [-0.05, 0) is 24.7 Å². The zero-order chi connectivity index (χ0) is 11.3. The fourth-order valence-corrected chi connectivity index (χ4v) is 2.33. The Morgan fingerprint density at radius 2 is 1.87 bits per heavy atom. The molecule has 0 heterocycles. The van der Waals surface area contributed by atoms with Gasteiger partial charge in [-0.3, -0.25) is 0 Å². The molecule has 0 aromatic rings. The molecule has 1 saturated carbocycles. The van der Waals surface area contributed by atoms with E-state index in [0.717, 1.165) is 18.8 Å². The van der Waals surface area contributed by atoms with Crippen molar-refractivity contribution in [3.8, 4) is 0 Å². The van der Waals surface area contributed by atoms with Crippen LogP contribution in [0.25, 0.3) is 0 Å². The van der Waals surface area contributed by atoms with Crippen molar-refractivity contribution in [3.63, 3.8) is 0 Å². The topological polar surface area (TPSA) is 49.7 Å². The Labute approximate surface area is 92.4 Å². The van der Waals surface area contributed by atoms with Crippen LogP contribution in [-0.4, -0.2) is 35.6 Å². The lowest BCUT2D eigenvalue weighted by molar-refractivity contribution is -0.0837. The molecule has 0 radical (unpaired) electrons. The van der Waals surface area contributed by atoms with Gasteiger partial charge in [0.25, 0.3) is 0 Å². The van der Waals surface area contributed by atoms with Gasteiger partial charge in [0.2, 0.25) is 0 Å². The van der Waals surface area contributed by atoms with Crippen LogP contribution in [0.2, 0.25) is 0 Å². The molecule has 0 amide bonds. The zero-order valence-electron chi connectivity index (χ0n) is 9.85. The molecule has 0 saturated heterocycles. The summed E-state index contributed by atoms with van der Waals surface area (Å²) in [6.45, 7) is 4.34. The van der Waals surface area contributed by atoms with Crippen LogP contribution in [-0.2, 0) is 4.74 Å². The summed E-state index contributed by atoms with van der Waals surface area (Å²) in [6.07, 6.45) is 4.49. The Morgan fingerprint density at radius 1 is 1.20 bits per heavy atom. The van der Waals surface area contributed by atoms with Gasteiger partial charge >= 0.3 is 0 Å². The van der Waals surface area contributed by atoms with Crippen LogP contribution >= 0.6 is 0 Å². The van der Waals surface area contributed by atoms with E-state index in [-0.39, 0.29) is 25.4 Å². The van der Waals surface area contributed by atoms with Gasteiger partial charge in [-0.25, -0.2) is 0 Å². The molecule has 1 rings (SSSR count).